The Bertz CT molecular complexity index is 576. The van der Waals surface area contributed by atoms with E-state index in [9.17, 15) is 4.79 Å². The molecule has 114 valence electrons. The number of halogens is 2. The highest BCUT2D eigenvalue weighted by Gasteiger charge is 2.21. The van der Waals surface area contributed by atoms with Crippen LogP contribution in [0.2, 0.25) is 0 Å². The Morgan fingerprint density at radius 1 is 1.38 bits per heavy atom. The molecule has 1 heterocycles. The molecule has 6 heteroatoms. The van der Waals surface area contributed by atoms with E-state index in [1.165, 1.54) is 0 Å². The molecule has 21 heavy (non-hydrogen) atoms. The van der Waals surface area contributed by atoms with Crippen molar-refractivity contribution in [3.8, 4) is 0 Å². The van der Waals surface area contributed by atoms with Gasteiger partial charge in [0.2, 0.25) is 5.91 Å². The number of carbonyl (C=O) groups is 1. The van der Waals surface area contributed by atoms with Crippen molar-refractivity contribution in [1.82, 2.24) is 5.32 Å². The van der Waals surface area contributed by atoms with Gasteiger partial charge in [-0.25, -0.2) is 0 Å². The number of nitrogens with one attached hydrogen (secondary N) is 1. The fraction of sp³-hybridized carbons (Fsp3) is 0.267. The molecule has 0 aliphatic rings. The summed E-state index contributed by atoms with van der Waals surface area (Å²) in [5, 5.41) is 4.93. The van der Waals surface area contributed by atoms with Crippen molar-refractivity contribution in [3.05, 3.63) is 56.7 Å². The second-order valence-electron chi connectivity index (χ2n) is 4.67. The summed E-state index contributed by atoms with van der Waals surface area (Å²) in [5.41, 5.74) is 7.13. The Balaban J connectivity index is 0.00000220. The molecule has 3 nitrogen and oxygen atoms in total. The van der Waals surface area contributed by atoms with Gasteiger partial charge in [0.15, 0.2) is 0 Å². The maximum atomic E-state index is 12.1. The first kappa shape index (κ1) is 18.2. The standard InChI is InChI=1S/C15H17BrN2OS.ClH/c1-10(14(17)11-5-3-2-4-6-11)15(19)18-8-13-7-12(16)9-20-13;/h2-7,9-10,14H,8,17H2,1H3,(H,18,19);1H. The van der Waals surface area contributed by atoms with E-state index in [0.29, 0.717) is 6.54 Å². The number of carbonyl (C=O) groups excluding carboxylic acids is 1. The average Bonchev–Trinajstić information content (AvgIpc) is 2.89. The van der Waals surface area contributed by atoms with Gasteiger partial charge in [0, 0.05) is 20.8 Å². The molecular formula is C15H18BrClN2OS. The van der Waals surface area contributed by atoms with Crippen LogP contribution in [0, 0.1) is 5.92 Å². The van der Waals surface area contributed by atoms with E-state index in [0.717, 1.165) is 14.9 Å². The van der Waals surface area contributed by atoms with Gasteiger partial charge in [-0.05, 0) is 27.6 Å². The van der Waals surface area contributed by atoms with E-state index in [2.05, 4.69) is 21.2 Å². The Hall–Kier alpha value is -0.880. The molecule has 0 bridgehead atoms. The lowest BCUT2D eigenvalue weighted by Gasteiger charge is -2.19. The fourth-order valence-electron chi connectivity index (χ4n) is 1.91. The van der Waals surface area contributed by atoms with Gasteiger partial charge in [-0.15, -0.1) is 23.7 Å². The second kappa shape index (κ2) is 8.54. The predicted octanol–water partition coefficient (Wildman–Crippen LogP) is 3.88. The molecule has 2 atom stereocenters. The summed E-state index contributed by atoms with van der Waals surface area (Å²) >= 11 is 5.01. The average molecular weight is 390 g/mol. The van der Waals surface area contributed by atoms with Gasteiger partial charge < -0.3 is 11.1 Å². The van der Waals surface area contributed by atoms with Gasteiger partial charge in [0.05, 0.1) is 12.5 Å². The first-order chi connectivity index (χ1) is 9.58. The molecule has 0 saturated carbocycles. The third kappa shape index (κ3) is 5.11. The van der Waals surface area contributed by atoms with E-state index >= 15 is 0 Å². The number of hydrogen-bond acceptors (Lipinski definition) is 3. The second-order valence-corrected chi connectivity index (χ2v) is 6.59. The number of rotatable bonds is 5. The smallest absolute Gasteiger partial charge is 0.225 e. The molecule has 0 spiro atoms. The van der Waals surface area contributed by atoms with Crippen LogP contribution in [0.15, 0.2) is 46.3 Å². The monoisotopic (exact) mass is 388 g/mol. The molecular weight excluding hydrogens is 372 g/mol. The third-order valence-electron chi connectivity index (χ3n) is 3.20. The zero-order chi connectivity index (χ0) is 14.5. The maximum Gasteiger partial charge on any atom is 0.225 e. The topological polar surface area (TPSA) is 55.1 Å². The minimum absolute atomic E-state index is 0. The minimum atomic E-state index is -0.286. The molecule has 0 fully saturated rings. The van der Waals surface area contributed by atoms with Gasteiger partial charge >= 0.3 is 0 Å². The summed E-state index contributed by atoms with van der Waals surface area (Å²) in [6, 6.07) is 11.4. The largest absolute Gasteiger partial charge is 0.351 e. The van der Waals surface area contributed by atoms with Gasteiger partial charge in [0.1, 0.15) is 0 Å². The van der Waals surface area contributed by atoms with Gasteiger partial charge in [-0.2, -0.15) is 0 Å². The maximum absolute atomic E-state index is 12.1. The van der Waals surface area contributed by atoms with Crippen LogP contribution >= 0.6 is 39.7 Å². The molecule has 0 saturated heterocycles. The van der Waals surface area contributed by atoms with Crippen molar-refractivity contribution in [2.75, 3.05) is 0 Å². The highest BCUT2D eigenvalue weighted by atomic mass is 79.9. The summed E-state index contributed by atoms with van der Waals surface area (Å²) in [5.74, 6) is -0.285. The lowest BCUT2D eigenvalue weighted by atomic mass is 9.95. The molecule has 1 aromatic heterocycles. The van der Waals surface area contributed by atoms with Gasteiger partial charge in [0.25, 0.3) is 0 Å². The van der Waals surface area contributed by atoms with Crippen LogP contribution in [0.4, 0.5) is 0 Å². The lowest BCUT2D eigenvalue weighted by Crippen LogP contribution is -2.35. The summed E-state index contributed by atoms with van der Waals surface area (Å²) < 4.78 is 1.04. The number of amides is 1. The van der Waals surface area contributed by atoms with Crippen LogP contribution in [0.1, 0.15) is 23.4 Å². The van der Waals surface area contributed by atoms with Crippen LogP contribution in [-0.2, 0) is 11.3 Å². The predicted molar refractivity (Wildman–Crippen MR) is 93.6 cm³/mol. The van der Waals surface area contributed by atoms with Crippen LogP contribution in [-0.4, -0.2) is 5.91 Å². The van der Waals surface area contributed by atoms with Crippen molar-refractivity contribution in [2.24, 2.45) is 11.7 Å². The first-order valence-corrected chi connectivity index (χ1v) is 8.06. The molecule has 2 aromatic rings. The van der Waals surface area contributed by atoms with Crippen molar-refractivity contribution in [2.45, 2.75) is 19.5 Å². The van der Waals surface area contributed by atoms with Crippen LogP contribution in [0.5, 0.6) is 0 Å². The van der Waals surface area contributed by atoms with Gasteiger partial charge in [-0.1, -0.05) is 37.3 Å². The third-order valence-corrected chi connectivity index (χ3v) is 4.89. The quantitative estimate of drug-likeness (QED) is 0.815. The summed E-state index contributed by atoms with van der Waals surface area (Å²) in [4.78, 5) is 13.3. The van der Waals surface area contributed by atoms with E-state index in [-0.39, 0.29) is 30.3 Å². The summed E-state index contributed by atoms with van der Waals surface area (Å²) in [7, 11) is 0. The zero-order valence-electron chi connectivity index (χ0n) is 11.6. The van der Waals surface area contributed by atoms with Crippen LogP contribution < -0.4 is 11.1 Å². The molecule has 0 radical (unpaired) electrons. The summed E-state index contributed by atoms with van der Waals surface area (Å²) in [6.07, 6.45) is 0. The molecule has 0 aliphatic heterocycles. The van der Waals surface area contributed by atoms with E-state index in [1.807, 2.05) is 48.7 Å². The molecule has 2 unspecified atom stereocenters. The van der Waals surface area contributed by atoms with Crippen molar-refractivity contribution >= 4 is 45.6 Å². The zero-order valence-corrected chi connectivity index (χ0v) is 14.8. The number of nitrogens with two attached hydrogens (primary N) is 1. The highest BCUT2D eigenvalue weighted by molar-refractivity contribution is 9.10. The molecule has 1 amide bonds. The van der Waals surface area contributed by atoms with Crippen LogP contribution in [0.25, 0.3) is 0 Å². The van der Waals surface area contributed by atoms with Crippen molar-refractivity contribution in [1.29, 1.82) is 0 Å². The molecule has 1 aromatic carbocycles. The molecule has 2 rings (SSSR count). The fourth-order valence-corrected chi connectivity index (χ4v) is 3.30. The number of thiophene rings is 1. The van der Waals surface area contributed by atoms with E-state index < -0.39 is 0 Å². The molecule has 3 N–H and O–H groups in total. The summed E-state index contributed by atoms with van der Waals surface area (Å²) in [6.45, 7) is 2.40. The lowest BCUT2D eigenvalue weighted by molar-refractivity contribution is -0.125. The number of benzene rings is 1. The molecule has 0 aliphatic carbocycles. The minimum Gasteiger partial charge on any atom is -0.351 e. The van der Waals surface area contributed by atoms with E-state index in [1.54, 1.807) is 11.3 Å². The van der Waals surface area contributed by atoms with E-state index in [4.69, 9.17) is 5.73 Å². The SMILES string of the molecule is CC(C(=O)NCc1cc(Br)cs1)C(N)c1ccccc1.Cl. The Morgan fingerprint density at radius 3 is 2.62 bits per heavy atom. The van der Waals surface area contributed by atoms with Crippen molar-refractivity contribution < 1.29 is 4.79 Å². The highest BCUT2D eigenvalue weighted by Crippen LogP contribution is 2.21. The Labute approximate surface area is 143 Å². The van der Waals surface area contributed by atoms with Crippen LogP contribution in [0.3, 0.4) is 0 Å². The Kier molecular flexibility index (Phi) is 7.39. The van der Waals surface area contributed by atoms with Crippen molar-refractivity contribution in [3.63, 3.8) is 0 Å². The van der Waals surface area contributed by atoms with Gasteiger partial charge in [-0.3, -0.25) is 4.79 Å². The first-order valence-electron chi connectivity index (χ1n) is 6.39. The normalized spacial score (nSPS) is 13.1. The number of hydrogen-bond donors (Lipinski definition) is 2. The Morgan fingerprint density at radius 2 is 2.05 bits per heavy atom.